The molecule has 2 aliphatic heterocycles. The van der Waals surface area contributed by atoms with Crippen molar-refractivity contribution in [1.82, 2.24) is 4.90 Å². The summed E-state index contributed by atoms with van der Waals surface area (Å²) in [6.07, 6.45) is 1.46. The Bertz CT molecular complexity index is 877. The van der Waals surface area contributed by atoms with E-state index in [9.17, 15) is 14.3 Å². The maximum atomic E-state index is 13.1. The van der Waals surface area contributed by atoms with Crippen LogP contribution in [-0.4, -0.2) is 42.2 Å². The summed E-state index contributed by atoms with van der Waals surface area (Å²) in [7, 11) is 0. The molecule has 1 fully saturated rings. The Kier molecular flexibility index (Phi) is 6.23. The van der Waals surface area contributed by atoms with Crippen molar-refractivity contribution in [2.45, 2.75) is 32.3 Å². The molecule has 6 heteroatoms. The van der Waals surface area contributed by atoms with Crippen LogP contribution in [0.15, 0.2) is 42.5 Å². The highest BCUT2D eigenvalue weighted by Crippen LogP contribution is 2.34. The van der Waals surface area contributed by atoms with E-state index in [1.54, 1.807) is 12.1 Å². The van der Waals surface area contributed by atoms with Gasteiger partial charge in [0.2, 0.25) is 5.91 Å². The SMILES string of the molecule is CCOc1ccc2c(c1)CC(C(=O)N1CCC(C(O)c3ccc(F)cc3)CC1)CO2. The molecule has 2 aromatic carbocycles. The molecule has 0 radical (unpaired) electrons. The number of aliphatic hydroxyl groups excluding tert-OH is 1. The van der Waals surface area contributed by atoms with Gasteiger partial charge in [-0.1, -0.05) is 12.1 Å². The van der Waals surface area contributed by atoms with Crippen molar-refractivity contribution < 1.29 is 23.8 Å². The number of likely N-dealkylation sites (tertiary alicyclic amines) is 1. The Balaban J connectivity index is 1.34. The normalized spacial score (nSPS) is 20.2. The van der Waals surface area contributed by atoms with E-state index in [1.165, 1.54) is 12.1 Å². The second-order valence-electron chi connectivity index (χ2n) is 8.07. The van der Waals surface area contributed by atoms with Crippen LogP contribution < -0.4 is 9.47 Å². The minimum absolute atomic E-state index is 0.0663. The Hall–Kier alpha value is -2.60. The number of benzene rings is 2. The summed E-state index contributed by atoms with van der Waals surface area (Å²) >= 11 is 0. The number of fused-ring (bicyclic) bond motifs is 1. The van der Waals surface area contributed by atoms with Gasteiger partial charge in [-0.2, -0.15) is 0 Å². The maximum Gasteiger partial charge on any atom is 0.229 e. The Morgan fingerprint density at radius 1 is 1.23 bits per heavy atom. The zero-order valence-electron chi connectivity index (χ0n) is 17.2. The van der Waals surface area contributed by atoms with E-state index in [2.05, 4.69) is 0 Å². The molecular weight excluding hydrogens is 385 g/mol. The predicted molar refractivity (Wildman–Crippen MR) is 111 cm³/mol. The van der Waals surface area contributed by atoms with Gasteiger partial charge in [0.15, 0.2) is 0 Å². The molecule has 0 aromatic heterocycles. The lowest BCUT2D eigenvalue weighted by Crippen LogP contribution is -2.45. The van der Waals surface area contributed by atoms with E-state index >= 15 is 0 Å². The summed E-state index contributed by atoms with van der Waals surface area (Å²) in [5.74, 6) is 1.28. The molecule has 2 heterocycles. The average molecular weight is 413 g/mol. The summed E-state index contributed by atoms with van der Waals surface area (Å²) in [6.45, 7) is 4.16. The Morgan fingerprint density at radius 2 is 1.97 bits per heavy atom. The number of rotatable bonds is 5. The monoisotopic (exact) mass is 413 g/mol. The topological polar surface area (TPSA) is 59.0 Å². The summed E-state index contributed by atoms with van der Waals surface area (Å²) in [5, 5.41) is 10.6. The lowest BCUT2D eigenvalue weighted by molar-refractivity contribution is -0.139. The van der Waals surface area contributed by atoms with Gasteiger partial charge in [0.05, 0.1) is 18.6 Å². The van der Waals surface area contributed by atoms with Crippen LogP contribution in [0.25, 0.3) is 0 Å². The van der Waals surface area contributed by atoms with Crippen molar-refractivity contribution in [3.63, 3.8) is 0 Å². The molecule has 5 nitrogen and oxygen atoms in total. The molecule has 1 amide bonds. The highest BCUT2D eigenvalue weighted by Gasteiger charge is 2.33. The van der Waals surface area contributed by atoms with Crippen LogP contribution in [0.2, 0.25) is 0 Å². The van der Waals surface area contributed by atoms with E-state index in [1.807, 2.05) is 30.0 Å². The van der Waals surface area contributed by atoms with Gasteiger partial charge in [0, 0.05) is 13.1 Å². The van der Waals surface area contributed by atoms with Crippen molar-refractivity contribution >= 4 is 5.91 Å². The van der Waals surface area contributed by atoms with Crippen LogP contribution in [0.5, 0.6) is 11.5 Å². The van der Waals surface area contributed by atoms with Crippen molar-refractivity contribution in [3.05, 3.63) is 59.4 Å². The second-order valence-corrected chi connectivity index (χ2v) is 8.07. The molecule has 160 valence electrons. The molecule has 2 unspecified atom stereocenters. The number of halogens is 1. The Labute approximate surface area is 176 Å². The van der Waals surface area contributed by atoms with Crippen LogP contribution in [0, 0.1) is 17.7 Å². The average Bonchev–Trinajstić information content (AvgIpc) is 2.78. The molecule has 1 saturated heterocycles. The first-order chi connectivity index (χ1) is 14.5. The fourth-order valence-electron chi connectivity index (χ4n) is 4.41. The zero-order valence-corrected chi connectivity index (χ0v) is 17.2. The number of carbonyl (C=O) groups is 1. The molecule has 2 aromatic rings. The molecule has 2 aliphatic rings. The highest BCUT2D eigenvalue weighted by molar-refractivity contribution is 5.80. The van der Waals surface area contributed by atoms with E-state index in [0.717, 1.165) is 35.5 Å². The van der Waals surface area contributed by atoms with Gasteiger partial charge in [0.1, 0.15) is 23.9 Å². The predicted octanol–water partition coefficient (Wildman–Crippen LogP) is 3.75. The number of carbonyl (C=O) groups excluding carboxylic acids is 1. The standard InChI is InChI=1S/C24H28FNO4/c1-2-29-21-7-8-22-18(14-21)13-19(15-30-22)24(28)26-11-9-17(10-12-26)23(27)16-3-5-20(25)6-4-16/h3-8,14,17,19,23,27H,2,9-13,15H2,1H3. The number of piperidine rings is 1. The number of hydrogen-bond donors (Lipinski definition) is 1. The molecule has 0 spiro atoms. The first-order valence-electron chi connectivity index (χ1n) is 10.7. The number of amides is 1. The first-order valence-corrected chi connectivity index (χ1v) is 10.7. The third kappa shape index (κ3) is 4.43. The summed E-state index contributed by atoms with van der Waals surface area (Å²) in [5.41, 5.74) is 1.73. The molecule has 30 heavy (non-hydrogen) atoms. The van der Waals surface area contributed by atoms with Crippen molar-refractivity contribution in [2.75, 3.05) is 26.3 Å². The molecule has 0 bridgehead atoms. The van der Waals surface area contributed by atoms with E-state index in [0.29, 0.717) is 32.7 Å². The summed E-state index contributed by atoms with van der Waals surface area (Å²) < 4.78 is 24.5. The van der Waals surface area contributed by atoms with Gasteiger partial charge in [-0.3, -0.25) is 4.79 Å². The smallest absolute Gasteiger partial charge is 0.229 e. The number of ether oxygens (including phenoxy) is 2. The quantitative estimate of drug-likeness (QED) is 0.811. The van der Waals surface area contributed by atoms with Crippen LogP contribution in [0.3, 0.4) is 0 Å². The van der Waals surface area contributed by atoms with Crippen LogP contribution in [0.4, 0.5) is 4.39 Å². The van der Waals surface area contributed by atoms with Gasteiger partial charge in [-0.15, -0.1) is 0 Å². The Morgan fingerprint density at radius 3 is 2.67 bits per heavy atom. The first kappa shape index (κ1) is 20.7. The fraction of sp³-hybridized carbons (Fsp3) is 0.458. The fourth-order valence-corrected chi connectivity index (χ4v) is 4.41. The van der Waals surface area contributed by atoms with E-state index < -0.39 is 6.10 Å². The number of aliphatic hydroxyl groups is 1. The summed E-state index contributed by atoms with van der Waals surface area (Å²) in [4.78, 5) is 15.0. The van der Waals surface area contributed by atoms with Crippen LogP contribution in [0.1, 0.15) is 37.0 Å². The maximum absolute atomic E-state index is 13.1. The molecule has 0 aliphatic carbocycles. The van der Waals surface area contributed by atoms with E-state index in [4.69, 9.17) is 9.47 Å². The molecular formula is C24H28FNO4. The minimum Gasteiger partial charge on any atom is -0.494 e. The second kappa shape index (κ2) is 9.04. The minimum atomic E-state index is -0.635. The van der Waals surface area contributed by atoms with E-state index in [-0.39, 0.29) is 23.6 Å². The third-order valence-electron chi connectivity index (χ3n) is 6.11. The lowest BCUT2D eigenvalue weighted by Gasteiger charge is -2.37. The highest BCUT2D eigenvalue weighted by atomic mass is 19.1. The number of nitrogens with zero attached hydrogens (tertiary/aromatic N) is 1. The van der Waals surface area contributed by atoms with Crippen LogP contribution in [-0.2, 0) is 11.2 Å². The number of hydrogen-bond acceptors (Lipinski definition) is 4. The van der Waals surface area contributed by atoms with Crippen molar-refractivity contribution in [1.29, 1.82) is 0 Å². The van der Waals surface area contributed by atoms with Gasteiger partial charge >= 0.3 is 0 Å². The van der Waals surface area contributed by atoms with Gasteiger partial charge in [0.25, 0.3) is 0 Å². The van der Waals surface area contributed by atoms with Gasteiger partial charge in [-0.05, 0) is 73.6 Å². The molecule has 1 N–H and O–H groups in total. The van der Waals surface area contributed by atoms with Crippen LogP contribution >= 0.6 is 0 Å². The summed E-state index contributed by atoms with van der Waals surface area (Å²) in [6, 6.07) is 11.8. The van der Waals surface area contributed by atoms with Gasteiger partial charge < -0.3 is 19.5 Å². The molecule has 4 rings (SSSR count). The lowest BCUT2D eigenvalue weighted by atomic mass is 9.86. The van der Waals surface area contributed by atoms with Gasteiger partial charge in [-0.25, -0.2) is 4.39 Å². The molecule has 0 saturated carbocycles. The third-order valence-corrected chi connectivity index (χ3v) is 6.11. The molecule has 2 atom stereocenters. The van der Waals surface area contributed by atoms with Crippen molar-refractivity contribution in [3.8, 4) is 11.5 Å². The largest absolute Gasteiger partial charge is 0.494 e. The zero-order chi connectivity index (χ0) is 21.1. The van der Waals surface area contributed by atoms with Crippen molar-refractivity contribution in [2.24, 2.45) is 11.8 Å².